The van der Waals surface area contributed by atoms with E-state index in [1.807, 2.05) is 6.07 Å². The van der Waals surface area contributed by atoms with Crippen molar-refractivity contribution in [1.29, 1.82) is 0 Å². The Labute approximate surface area is 360 Å². The van der Waals surface area contributed by atoms with Gasteiger partial charge in [-0.15, -0.1) is 0 Å². The van der Waals surface area contributed by atoms with Gasteiger partial charge in [0.2, 0.25) is 0 Å². The summed E-state index contributed by atoms with van der Waals surface area (Å²) in [6.07, 6.45) is 32.2. The molecule has 0 saturated heterocycles. The molecule has 0 bridgehead atoms. The maximum Gasteiger partial charge on any atom is 0.0534 e. The fraction of sp³-hybridized carbons (Fsp3) is 0.0526. The zero-order valence-electron chi connectivity index (χ0n) is 35.0. The standard InChI is InChI=1S/C57H50N4/c1-4-24-49(59(54-34-17-13-25-45(54)2)41-21-5-6-22-42-60(50-27-9-7-10-28-50)55-35-18-14-26-46(55)3)31-23-40-58-43-47(52-32-15-19-36-56(52)58)38-39-48-44-61(51-29-11-8-12-30-51)57-37-20-16-33-53(48)57/h4-44H,1-3H3/b6-5-,24-4-,39-38-,40-23+,41-21+,42-22+,49-31+. The maximum atomic E-state index is 2.27. The van der Waals surface area contributed by atoms with E-state index >= 15 is 0 Å². The van der Waals surface area contributed by atoms with Gasteiger partial charge in [-0.2, -0.15) is 0 Å². The van der Waals surface area contributed by atoms with Gasteiger partial charge in [0.25, 0.3) is 0 Å². The lowest BCUT2D eigenvalue weighted by atomic mass is 10.1. The number of rotatable bonds is 14. The summed E-state index contributed by atoms with van der Waals surface area (Å²) >= 11 is 0. The molecule has 0 unspecified atom stereocenters. The van der Waals surface area contributed by atoms with Crippen LogP contribution in [0.25, 0.3) is 45.8 Å². The van der Waals surface area contributed by atoms with Crippen molar-refractivity contribution in [2.45, 2.75) is 20.8 Å². The van der Waals surface area contributed by atoms with Gasteiger partial charge in [-0.1, -0.05) is 140 Å². The molecule has 8 rings (SSSR count). The Balaban J connectivity index is 1.07. The topological polar surface area (TPSA) is 16.3 Å². The highest BCUT2D eigenvalue weighted by Gasteiger charge is 2.12. The highest BCUT2D eigenvalue weighted by atomic mass is 15.1. The van der Waals surface area contributed by atoms with E-state index in [1.54, 1.807) is 0 Å². The van der Waals surface area contributed by atoms with Crippen molar-refractivity contribution >= 4 is 57.2 Å². The number of benzene rings is 6. The summed E-state index contributed by atoms with van der Waals surface area (Å²) < 4.78 is 4.48. The van der Waals surface area contributed by atoms with Crippen LogP contribution in [-0.4, -0.2) is 9.13 Å². The van der Waals surface area contributed by atoms with E-state index in [2.05, 4.69) is 283 Å². The third kappa shape index (κ3) is 9.25. The molecular formula is C57H50N4. The van der Waals surface area contributed by atoms with Gasteiger partial charge in [0.05, 0.1) is 11.0 Å². The molecule has 0 fully saturated rings. The molecule has 0 radical (unpaired) electrons. The first-order valence-electron chi connectivity index (χ1n) is 20.8. The van der Waals surface area contributed by atoms with Crippen molar-refractivity contribution in [3.8, 4) is 5.69 Å². The molecule has 2 heterocycles. The third-order valence-corrected chi connectivity index (χ3v) is 10.7. The lowest BCUT2D eigenvalue weighted by molar-refractivity contribution is 1.13. The lowest BCUT2D eigenvalue weighted by Crippen LogP contribution is -2.15. The first-order valence-corrected chi connectivity index (χ1v) is 20.8. The summed E-state index contributed by atoms with van der Waals surface area (Å²) in [5.41, 5.74) is 12.6. The molecule has 2 aromatic heterocycles. The fourth-order valence-electron chi connectivity index (χ4n) is 7.70. The summed E-state index contributed by atoms with van der Waals surface area (Å²) in [5.74, 6) is 0. The van der Waals surface area contributed by atoms with Crippen LogP contribution in [0.4, 0.5) is 17.1 Å². The second-order valence-electron chi connectivity index (χ2n) is 14.8. The number of fused-ring (bicyclic) bond motifs is 2. The molecule has 61 heavy (non-hydrogen) atoms. The molecule has 0 aliphatic carbocycles. The van der Waals surface area contributed by atoms with Crippen LogP contribution >= 0.6 is 0 Å². The van der Waals surface area contributed by atoms with Gasteiger partial charge < -0.3 is 18.9 Å². The van der Waals surface area contributed by atoms with Gasteiger partial charge in [0.1, 0.15) is 0 Å². The van der Waals surface area contributed by atoms with Crippen molar-refractivity contribution < 1.29 is 0 Å². The first-order chi connectivity index (χ1) is 30.1. The first kappa shape index (κ1) is 40.0. The van der Waals surface area contributed by atoms with Crippen LogP contribution in [-0.2, 0) is 0 Å². The summed E-state index contributed by atoms with van der Waals surface area (Å²) in [6, 6.07) is 55.1. The fourth-order valence-corrected chi connectivity index (χ4v) is 7.70. The molecule has 0 aliphatic heterocycles. The Morgan fingerprint density at radius 2 is 1.07 bits per heavy atom. The molecule has 0 saturated carbocycles. The average Bonchev–Trinajstić information content (AvgIpc) is 3.86. The number of nitrogens with zero attached hydrogens (tertiary/aromatic N) is 4. The number of aromatic nitrogens is 2. The zero-order chi connectivity index (χ0) is 41.8. The second-order valence-corrected chi connectivity index (χ2v) is 14.8. The number of hydrogen-bond acceptors (Lipinski definition) is 2. The Kier molecular flexibility index (Phi) is 12.6. The van der Waals surface area contributed by atoms with Gasteiger partial charge >= 0.3 is 0 Å². The molecule has 4 nitrogen and oxygen atoms in total. The van der Waals surface area contributed by atoms with Crippen molar-refractivity contribution in [3.05, 3.63) is 259 Å². The predicted molar refractivity (Wildman–Crippen MR) is 263 cm³/mol. The molecule has 4 heteroatoms. The Bertz CT molecular complexity index is 2950. The van der Waals surface area contributed by atoms with Gasteiger partial charge in [0, 0.05) is 81.3 Å². The van der Waals surface area contributed by atoms with E-state index in [9.17, 15) is 0 Å². The number of aryl methyl sites for hydroxylation is 2. The molecule has 298 valence electrons. The van der Waals surface area contributed by atoms with E-state index in [1.165, 1.54) is 33.0 Å². The van der Waals surface area contributed by atoms with E-state index < -0.39 is 0 Å². The van der Waals surface area contributed by atoms with Crippen molar-refractivity contribution in [2.24, 2.45) is 0 Å². The normalized spacial score (nSPS) is 12.5. The second kappa shape index (κ2) is 19.3. The minimum atomic E-state index is 1.04. The zero-order valence-corrected chi connectivity index (χ0v) is 35.0. The largest absolute Gasteiger partial charge is 0.323 e. The lowest BCUT2D eigenvalue weighted by Gasteiger charge is -2.23. The number of hydrogen-bond donors (Lipinski definition) is 0. The Morgan fingerprint density at radius 1 is 0.508 bits per heavy atom. The molecule has 0 spiro atoms. The minimum absolute atomic E-state index is 1.04. The van der Waals surface area contributed by atoms with Crippen LogP contribution in [0.3, 0.4) is 0 Å². The van der Waals surface area contributed by atoms with Gasteiger partial charge in [0.15, 0.2) is 0 Å². The summed E-state index contributed by atoms with van der Waals surface area (Å²) in [6.45, 7) is 6.36. The van der Waals surface area contributed by atoms with Crippen LogP contribution < -0.4 is 9.80 Å². The van der Waals surface area contributed by atoms with Crippen molar-refractivity contribution in [3.63, 3.8) is 0 Å². The van der Waals surface area contributed by atoms with E-state index in [-0.39, 0.29) is 0 Å². The highest BCUT2D eigenvalue weighted by molar-refractivity contribution is 5.97. The van der Waals surface area contributed by atoms with E-state index in [0.717, 1.165) is 39.5 Å². The number of anilines is 3. The van der Waals surface area contributed by atoms with Crippen LogP contribution in [0.2, 0.25) is 0 Å². The summed E-state index contributed by atoms with van der Waals surface area (Å²) in [7, 11) is 0. The average molecular weight is 791 g/mol. The summed E-state index contributed by atoms with van der Waals surface area (Å²) in [4.78, 5) is 4.46. The molecule has 0 amide bonds. The molecule has 0 atom stereocenters. The SMILES string of the molecule is C\C=C/C(=C\C=C\n1cc(/C=C\c2cn(-c3ccccc3)c3ccccc23)c2ccccc21)N(/C=C/C=C\C=C\N(c1ccccc1)c1ccccc1C)c1ccccc1C. The highest BCUT2D eigenvalue weighted by Crippen LogP contribution is 2.31. The predicted octanol–water partition coefficient (Wildman–Crippen LogP) is 15.2. The van der Waals surface area contributed by atoms with Crippen molar-refractivity contribution in [1.82, 2.24) is 9.13 Å². The third-order valence-electron chi connectivity index (χ3n) is 10.7. The van der Waals surface area contributed by atoms with Crippen LogP contribution in [0.1, 0.15) is 29.2 Å². The van der Waals surface area contributed by atoms with Crippen molar-refractivity contribution in [2.75, 3.05) is 9.80 Å². The van der Waals surface area contributed by atoms with Crippen LogP contribution in [0.15, 0.2) is 237 Å². The van der Waals surface area contributed by atoms with Gasteiger partial charge in [-0.05, 0) is 111 Å². The molecule has 0 N–H and O–H groups in total. The Hall–Kier alpha value is -7.82. The molecule has 8 aromatic rings. The smallest absolute Gasteiger partial charge is 0.0534 e. The molecular weight excluding hydrogens is 741 g/mol. The monoisotopic (exact) mass is 790 g/mol. The van der Waals surface area contributed by atoms with Gasteiger partial charge in [-0.3, -0.25) is 0 Å². The minimum Gasteiger partial charge on any atom is -0.323 e. The molecule has 6 aromatic carbocycles. The van der Waals surface area contributed by atoms with E-state index in [0.29, 0.717) is 0 Å². The number of para-hydroxylation sites is 6. The van der Waals surface area contributed by atoms with Crippen LogP contribution in [0, 0.1) is 13.8 Å². The quantitative estimate of drug-likeness (QED) is 0.102. The van der Waals surface area contributed by atoms with Gasteiger partial charge in [-0.25, -0.2) is 0 Å². The summed E-state index contributed by atoms with van der Waals surface area (Å²) in [5, 5.41) is 2.42. The van der Waals surface area contributed by atoms with E-state index in [4.69, 9.17) is 0 Å². The van der Waals surface area contributed by atoms with Crippen LogP contribution in [0.5, 0.6) is 0 Å². The maximum absolute atomic E-state index is 2.27. The Morgan fingerprint density at radius 3 is 1.75 bits per heavy atom. The molecule has 0 aliphatic rings. The number of allylic oxidation sites excluding steroid dienone is 8.